The van der Waals surface area contributed by atoms with Crippen LogP contribution >= 0.6 is 0 Å². The standard InChI is InChI=1S/C12H25NO2S/c1-4-6-12(11-7-8-11)13-10(3)9-16(14,15)5-2/h10-13H,4-9H2,1-3H3. The minimum atomic E-state index is -2.85. The molecule has 2 atom stereocenters. The van der Waals surface area contributed by atoms with Crippen molar-refractivity contribution in [2.24, 2.45) is 5.92 Å². The van der Waals surface area contributed by atoms with Crippen LogP contribution in [0.4, 0.5) is 0 Å². The fourth-order valence-electron chi connectivity index (χ4n) is 2.18. The van der Waals surface area contributed by atoms with E-state index in [-0.39, 0.29) is 17.5 Å². The summed E-state index contributed by atoms with van der Waals surface area (Å²) >= 11 is 0. The van der Waals surface area contributed by atoms with Crippen molar-refractivity contribution in [3.05, 3.63) is 0 Å². The van der Waals surface area contributed by atoms with Crippen LogP contribution in [0.15, 0.2) is 0 Å². The Balaban J connectivity index is 2.39. The maximum Gasteiger partial charge on any atom is 0.151 e. The van der Waals surface area contributed by atoms with Crippen molar-refractivity contribution < 1.29 is 8.42 Å². The van der Waals surface area contributed by atoms with Crippen LogP contribution in [0.1, 0.15) is 46.5 Å². The van der Waals surface area contributed by atoms with Gasteiger partial charge in [0.05, 0.1) is 5.75 Å². The van der Waals surface area contributed by atoms with Crippen molar-refractivity contribution in [2.75, 3.05) is 11.5 Å². The third-order valence-corrected chi connectivity index (χ3v) is 5.12. The summed E-state index contributed by atoms with van der Waals surface area (Å²) in [6, 6.07) is 0.620. The summed E-state index contributed by atoms with van der Waals surface area (Å²) in [5, 5.41) is 3.49. The molecule has 1 aliphatic carbocycles. The highest BCUT2D eigenvalue weighted by Crippen LogP contribution is 2.34. The molecule has 0 heterocycles. The Morgan fingerprint density at radius 3 is 2.38 bits per heavy atom. The average Bonchev–Trinajstić information content (AvgIpc) is 2.99. The lowest BCUT2D eigenvalue weighted by molar-refractivity contribution is 0.397. The molecule has 0 radical (unpaired) electrons. The molecule has 0 amide bonds. The molecule has 96 valence electrons. The zero-order valence-corrected chi connectivity index (χ0v) is 11.5. The summed E-state index contributed by atoms with van der Waals surface area (Å²) in [6.07, 6.45) is 4.96. The number of nitrogens with one attached hydrogen (secondary N) is 1. The Morgan fingerprint density at radius 2 is 1.94 bits per heavy atom. The molecule has 4 heteroatoms. The van der Waals surface area contributed by atoms with Gasteiger partial charge < -0.3 is 5.32 Å². The topological polar surface area (TPSA) is 46.2 Å². The van der Waals surface area contributed by atoms with E-state index in [1.165, 1.54) is 25.7 Å². The van der Waals surface area contributed by atoms with Gasteiger partial charge in [-0.3, -0.25) is 0 Å². The quantitative estimate of drug-likeness (QED) is 0.713. The van der Waals surface area contributed by atoms with Crippen LogP contribution in [0.3, 0.4) is 0 Å². The van der Waals surface area contributed by atoms with Crippen molar-refractivity contribution >= 4 is 9.84 Å². The van der Waals surface area contributed by atoms with Gasteiger partial charge in [0.25, 0.3) is 0 Å². The van der Waals surface area contributed by atoms with E-state index in [2.05, 4.69) is 12.2 Å². The summed E-state index contributed by atoms with van der Waals surface area (Å²) in [6.45, 7) is 5.88. The van der Waals surface area contributed by atoms with Gasteiger partial charge in [0.1, 0.15) is 0 Å². The molecule has 0 saturated heterocycles. The predicted octanol–water partition coefficient (Wildman–Crippen LogP) is 1.98. The Hall–Kier alpha value is -0.0900. The average molecular weight is 247 g/mol. The number of hydrogen-bond acceptors (Lipinski definition) is 3. The number of rotatable bonds is 8. The smallest absolute Gasteiger partial charge is 0.151 e. The van der Waals surface area contributed by atoms with Gasteiger partial charge in [0, 0.05) is 17.8 Å². The number of hydrogen-bond donors (Lipinski definition) is 1. The van der Waals surface area contributed by atoms with Gasteiger partial charge in [-0.25, -0.2) is 8.42 Å². The lowest BCUT2D eigenvalue weighted by Crippen LogP contribution is -2.41. The monoisotopic (exact) mass is 247 g/mol. The van der Waals surface area contributed by atoms with Gasteiger partial charge in [-0.15, -0.1) is 0 Å². The molecule has 1 N–H and O–H groups in total. The lowest BCUT2D eigenvalue weighted by Gasteiger charge is -2.22. The SMILES string of the molecule is CCCC(NC(C)CS(=O)(=O)CC)C1CC1. The van der Waals surface area contributed by atoms with Gasteiger partial charge in [-0.05, 0) is 32.1 Å². The normalized spacial score (nSPS) is 20.7. The summed E-state index contributed by atoms with van der Waals surface area (Å²) in [7, 11) is -2.85. The first-order valence-corrected chi connectivity index (χ1v) is 8.27. The van der Waals surface area contributed by atoms with Gasteiger partial charge in [-0.1, -0.05) is 20.3 Å². The summed E-state index contributed by atoms with van der Waals surface area (Å²) in [4.78, 5) is 0. The zero-order valence-electron chi connectivity index (χ0n) is 10.7. The van der Waals surface area contributed by atoms with Gasteiger partial charge in [0.15, 0.2) is 9.84 Å². The minimum Gasteiger partial charge on any atom is -0.310 e. The van der Waals surface area contributed by atoms with Crippen LogP contribution in [-0.2, 0) is 9.84 Å². The highest BCUT2D eigenvalue weighted by Gasteiger charge is 2.31. The zero-order chi connectivity index (χ0) is 12.2. The Labute approximate surface area is 99.9 Å². The molecule has 1 saturated carbocycles. The van der Waals surface area contributed by atoms with Crippen molar-refractivity contribution in [1.29, 1.82) is 0 Å². The molecule has 0 spiro atoms. The van der Waals surface area contributed by atoms with E-state index in [1.807, 2.05) is 6.92 Å². The summed E-state index contributed by atoms with van der Waals surface area (Å²) < 4.78 is 23.0. The van der Waals surface area contributed by atoms with E-state index in [9.17, 15) is 8.42 Å². The first kappa shape index (κ1) is 14.0. The summed E-state index contributed by atoms with van der Waals surface area (Å²) in [5.41, 5.74) is 0. The highest BCUT2D eigenvalue weighted by molar-refractivity contribution is 7.91. The fraction of sp³-hybridized carbons (Fsp3) is 1.00. The van der Waals surface area contributed by atoms with Gasteiger partial charge >= 0.3 is 0 Å². The van der Waals surface area contributed by atoms with E-state index in [1.54, 1.807) is 6.92 Å². The molecular weight excluding hydrogens is 222 g/mol. The fourth-order valence-corrected chi connectivity index (χ4v) is 3.27. The molecule has 0 aromatic carbocycles. The van der Waals surface area contributed by atoms with Crippen LogP contribution in [0.5, 0.6) is 0 Å². The van der Waals surface area contributed by atoms with E-state index in [0.717, 1.165) is 5.92 Å². The van der Waals surface area contributed by atoms with Crippen LogP contribution in [0.2, 0.25) is 0 Å². The molecule has 0 bridgehead atoms. The third kappa shape index (κ3) is 4.83. The Bertz CT molecular complexity index is 296. The molecule has 1 rings (SSSR count). The molecule has 16 heavy (non-hydrogen) atoms. The Kier molecular flexibility index (Phi) is 5.25. The summed E-state index contributed by atoms with van der Waals surface area (Å²) in [5.74, 6) is 1.32. The van der Waals surface area contributed by atoms with Gasteiger partial charge in [-0.2, -0.15) is 0 Å². The van der Waals surface area contributed by atoms with E-state index < -0.39 is 9.84 Å². The van der Waals surface area contributed by atoms with Crippen LogP contribution < -0.4 is 5.32 Å². The largest absolute Gasteiger partial charge is 0.310 e. The van der Waals surface area contributed by atoms with Crippen LogP contribution in [0, 0.1) is 5.92 Å². The molecule has 1 fully saturated rings. The second kappa shape index (κ2) is 6.01. The highest BCUT2D eigenvalue weighted by atomic mass is 32.2. The maximum atomic E-state index is 11.5. The van der Waals surface area contributed by atoms with Crippen LogP contribution in [0.25, 0.3) is 0 Å². The van der Waals surface area contributed by atoms with Crippen LogP contribution in [-0.4, -0.2) is 32.0 Å². The predicted molar refractivity (Wildman–Crippen MR) is 68.3 cm³/mol. The lowest BCUT2D eigenvalue weighted by atomic mass is 10.1. The Morgan fingerprint density at radius 1 is 1.31 bits per heavy atom. The van der Waals surface area contributed by atoms with Gasteiger partial charge in [0.2, 0.25) is 0 Å². The van der Waals surface area contributed by atoms with E-state index in [0.29, 0.717) is 6.04 Å². The van der Waals surface area contributed by atoms with Crippen molar-refractivity contribution in [3.63, 3.8) is 0 Å². The second-order valence-electron chi connectivity index (χ2n) is 5.00. The first-order valence-electron chi connectivity index (χ1n) is 6.45. The third-order valence-electron chi connectivity index (χ3n) is 3.23. The van der Waals surface area contributed by atoms with Crippen molar-refractivity contribution in [1.82, 2.24) is 5.32 Å². The molecule has 2 unspecified atom stereocenters. The van der Waals surface area contributed by atoms with E-state index in [4.69, 9.17) is 0 Å². The maximum absolute atomic E-state index is 11.5. The molecule has 1 aliphatic rings. The molecule has 0 aromatic rings. The number of sulfone groups is 1. The van der Waals surface area contributed by atoms with Crippen molar-refractivity contribution in [3.8, 4) is 0 Å². The molecular formula is C12H25NO2S. The second-order valence-corrected chi connectivity index (χ2v) is 7.40. The molecule has 3 nitrogen and oxygen atoms in total. The first-order chi connectivity index (χ1) is 7.48. The van der Waals surface area contributed by atoms with Crippen molar-refractivity contribution in [2.45, 2.75) is 58.5 Å². The van der Waals surface area contributed by atoms with E-state index >= 15 is 0 Å². The molecule has 0 aliphatic heterocycles. The molecule has 0 aromatic heterocycles. The minimum absolute atomic E-state index is 0.0853.